The Balaban J connectivity index is 1.85. The maximum atomic E-state index is 4.68. The molecule has 2 aliphatic rings. The fourth-order valence-electron chi connectivity index (χ4n) is 2.47. The molecule has 0 amide bonds. The number of nitrogens with zero attached hydrogens (tertiary/aromatic N) is 3. The van der Waals surface area contributed by atoms with Gasteiger partial charge in [-0.25, -0.2) is 4.98 Å². The van der Waals surface area contributed by atoms with E-state index in [0.717, 1.165) is 50.3 Å². The zero-order valence-corrected chi connectivity index (χ0v) is 8.87. The predicted molar refractivity (Wildman–Crippen MR) is 56.7 cm³/mol. The average Bonchev–Trinajstić information content (AvgIpc) is 2.77. The molecule has 1 aromatic rings. The highest BCUT2D eigenvalue weighted by molar-refractivity contribution is 5.17. The summed E-state index contributed by atoms with van der Waals surface area (Å²) in [4.78, 5) is 4.68. The van der Waals surface area contributed by atoms with Gasteiger partial charge in [-0.2, -0.15) is 5.10 Å². The Morgan fingerprint density at radius 1 is 1.00 bits per heavy atom. The Labute approximate surface area is 89.5 Å². The summed E-state index contributed by atoms with van der Waals surface area (Å²) >= 11 is 0. The van der Waals surface area contributed by atoms with Crippen molar-refractivity contribution in [2.24, 2.45) is 0 Å². The summed E-state index contributed by atoms with van der Waals surface area (Å²) in [5.41, 5.74) is 2.34. The smallest absolute Gasteiger partial charge is 0.154 e. The van der Waals surface area contributed by atoms with E-state index < -0.39 is 0 Å². The van der Waals surface area contributed by atoms with Crippen LogP contribution in [0, 0.1) is 0 Å². The fourth-order valence-corrected chi connectivity index (χ4v) is 2.47. The van der Waals surface area contributed by atoms with Crippen molar-refractivity contribution in [3.63, 3.8) is 0 Å². The number of rotatable bonds is 1. The second-order valence-electron chi connectivity index (χ2n) is 4.44. The number of aromatic nitrogens is 3. The maximum absolute atomic E-state index is 4.68. The van der Waals surface area contributed by atoms with Gasteiger partial charge in [0, 0.05) is 5.92 Å². The van der Waals surface area contributed by atoms with Crippen LogP contribution < -0.4 is 5.32 Å². The van der Waals surface area contributed by atoms with Crippen molar-refractivity contribution >= 4 is 0 Å². The summed E-state index contributed by atoms with van der Waals surface area (Å²) in [6, 6.07) is 0. The Kier molecular flexibility index (Phi) is 2.37. The minimum atomic E-state index is 0.532. The normalized spacial score (nSPS) is 21.6. The summed E-state index contributed by atoms with van der Waals surface area (Å²) in [7, 11) is 0. The first kappa shape index (κ1) is 9.21. The number of hydrogen-bond acceptors (Lipinski definition) is 4. The molecule has 1 saturated heterocycles. The molecule has 0 radical (unpaired) electrons. The first-order valence-electron chi connectivity index (χ1n) is 5.86. The van der Waals surface area contributed by atoms with Crippen molar-refractivity contribution in [3.8, 4) is 0 Å². The summed E-state index contributed by atoms with van der Waals surface area (Å²) in [6.45, 7) is 2.18. The second-order valence-corrected chi connectivity index (χ2v) is 4.44. The molecule has 0 bridgehead atoms. The van der Waals surface area contributed by atoms with Gasteiger partial charge in [0.2, 0.25) is 0 Å². The molecule has 0 spiro atoms. The van der Waals surface area contributed by atoms with Gasteiger partial charge in [-0.3, -0.25) is 0 Å². The third kappa shape index (κ3) is 1.74. The predicted octanol–water partition coefficient (Wildman–Crippen LogP) is 0.827. The van der Waals surface area contributed by atoms with Crippen molar-refractivity contribution < 1.29 is 0 Å². The molecule has 0 unspecified atom stereocenters. The van der Waals surface area contributed by atoms with Gasteiger partial charge in [0.05, 0.1) is 11.4 Å². The Morgan fingerprint density at radius 2 is 1.80 bits per heavy atom. The standard InChI is InChI=1S/C11H16N4/c1-2-9-10(3-1)14-15-11(13-9)8-4-6-12-7-5-8/h8,12H,1-7H2. The van der Waals surface area contributed by atoms with Crippen LogP contribution in [0.5, 0.6) is 0 Å². The van der Waals surface area contributed by atoms with E-state index in [-0.39, 0.29) is 0 Å². The van der Waals surface area contributed by atoms with Gasteiger partial charge < -0.3 is 5.32 Å². The van der Waals surface area contributed by atoms with E-state index in [1.54, 1.807) is 0 Å². The summed E-state index contributed by atoms with van der Waals surface area (Å²) in [5.74, 6) is 1.52. The van der Waals surface area contributed by atoms with Crippen molar-refractivity contribution in [3.05, 3.63) is 17.2 Å². The molecular formula is C11H16N4. The van der Waals surface area contributed by atoms with E-state index in [0.29, 0.717) is 5.92 Å². The van der Waals surface area contributed by atoms with Crippen LogP contribution >= 0.6 is 0 Å². The first-order valence-corrected chi connectivity index (χ1v) is 5.86. The molecule has 15 heavy (non-hydrogen) atoms. The van der Waals surface area contributed by atoms with Crippen molar-refractivity contribution in [2.45, 2.75) is 38.0 Å². The van der Waals surface area contributed by atoms with Crippen LogP contribution in [0.4, 0.5) is 0 Å². The van der Waals surface area contributed by atoms with E-state index in [1.807, 2.05) is 0 Å². The molecule has 1 aliphatic heterocycles. The lowest BCUT2D eigenvalue weighted by Crippen LogP contribution is -2.27. The molecule has 3 rings (SSSR count). The van der Waals surface area contributed by atoms with Crippen molar-refractivity contribution in [2.75, 3.05) is 13.1 Å². The molecule has 1 N–H and O–H groups in total. The lowest BCUT2D eigenvalue weighted by molar-refractivity contribution is 0.439. The van der Waals surface area contributed by atoms with Crippen LogP contribution in [-0.2, 0) is 12.8 Å². The average molecular weight is 204 g/mol. The summed E-state index contributed by atoms with van der Waals surface area (Å²) < 4.78 is 0. The zero-order valence-electron chi connectivity index (χ0n) is 8.87. The molecule has 0 saturated carbocycles. The van der Waals surface area contributed by atoms with Gasteiger partial charge in [0.25, 0.3) is 0 Å². The van der Waals surface area contributed by atoms with E-state index in [4.69, 9.17) is 0 Å². The van der Waals surface area contributed by atoms with Crippen LogP contribution in [0.1, 0.15) is 42.4 Å². The van der Waals surface area contributed by atoms with Crippen LogP contribution in [-0.4, -0.2) is 28.3 Å². The van der Waals surface area contributed by atoms with E-state index in [9.17, 15) is 0 Å². The lowest BCUT2D eigenvalue weighted by atomic mass is 9.97. The van der Waals surface area contributed by atoms with E-state index >= 15 is 0 Å². The van der Waals surface area contributed by atoms with Crippen LogP contribution in [0.3, 0.4) is 0 Å². The van der Waals surface area contributed by atoms with Gasteiger partial charge >= 0.3 is 0 Å². The third-order valence-corrected chi connectivity index (χ3v) is 3.39. The molecule has 0 aromatic carbocycles. The van der Waals surface area contributed by atoms with Crippen molar-refractivity contribution in [1.29, 1.82) is 0 Å². The maximum Gasteiger partial charge on any atom is 0.154 e. The monoisotopic (exact) mass is 204 g/mol. The van der Waals surface area contributed by atoms with Crippen LogP contribution in [0.15, 0.2) is 0 Å². The number of piperidine rings is 1. The molecule has 1 aromatic heterocycles. The quantitative estimate of drug-likeness (QED) is 0.736. The Bertz CT molecular complexity index is 358. The molecule has 4 heteroatoms. The fraction of sp³-hybridized carbons (Fsp3) is 0.727. The van der Waals surface area contributed by atoms with Gasteiger partial charge in [-0.1, -0.05) is 0 Å². The van der Waals surface area contributed by atoms with Crippen molar-refractivity contribution in [1.82, 2.24) is 20.5 Å². The highest BCUT2D eigenvalue weighted by atomic mass is 15.2. The molecule has 4 nitrogen and oxygen atoms in total. The highest BCUT2D eigenvalue weighted by Gasteiger charge is 2.21. The van der Waals surface area contributed by atoms with Gasteiger partial charge in [-0.15, -0.1) is 5.10 Å². The molecule has 1 fully saturated rings. The highest BCUT2D eigenvalue weighted by Crippen LogP contribution is 2.24. The van der Waals surface area contributed by atoms with E-state index in [2.05, 4.69) is 20.5 Å². The molecular weight excluding hydrogens is 188 g/mol. The van der Waals surface area contributed by atoms with E-state index in [1.165, 1.54) is 12.1 Å². The Hall–Kier alpha value is -1.03. The minimum absolute atomic E-state index is 0.532. The molecule has 2 heterocycles. The van der Waals surface area contributed by atoms with Gasteiger partial charge in [-0.05, 0) is 45.2 Å². The first-order chi connectivity index (χ1) is 7.43. The third-order valence-electron chi connectivity index (χ3n) is 3.39. The van der Waals surface area contributed by atoms with Gasteiger partial charge in [0.15, 0.2) is 5.82 Å². The SMILES string of the molecule is C1Cc2nnc(C3CCNCC3)nc2C1. The minimum Gasteiger partial charge on any atom is -0.317 e. The molecule has 80 valence electrons. The number of hydrogen-bond donors (Lipinski definition) is 1. The number of aryl methyl sites for hydroxylation is 2. The van der Waals surface area contributed by atoms with Gasteiger partial charge in [0.1, 0.15) is 0 Å². The summed E-state index contributed by atoms with van der Waals surface area (Å²) in [5, 5.41) is 11.9. The van der Waals surface area contributed by atoms with Crippen LogP contribution in [0.25, 0.3) is 0 Å². The number of fused-ring (bicyclic) bond motifs is 1. The molecule has 1 aliphatic carbocycles. The zero-order chi connectivity index (χ0) is 10.1. The second kappa shape index (κ2) is 3.85. The molecule has 0 atom stereocenters. The summed E-state index contributed by atoms with van der Waals surface area (Å²) in [6.07, 6.45) is 5.68. The van der Waals surface area contributed by atoms with Crippen LogP contribution in [0.2, 0.25) is 0 Å². The topological polar surface area (TPSA) is 50.7 Å². The number of nitrogens with one attached hydrogen (secondary N) is 1. The largest absolute Gasteiger partial charge is 0.317 e. The Morgan fingerprint density at radius 3 is 2.67 bits per heavy atom. The lowest BCUT2D eigenvalue weighted by Gasteiger charge is -2.20.